The molecule has 1 atom stereocenters. The fraction of sp³-hybridized carbons (Fsp3) is 0.750. The molecule has 2 aliphatic rings. The van der Waals surface area contributed by atoms with Crippen molar-refractivity contribution >= 4 is 17.2 Å². The van der Waals surface area contributed by atoms with Crippen LogP contribution in [0.15, 0.2) is 5.38 Å². The topological polar surface area (TPSA) is 54.0 Å². The standard InChI is InChI=1S/C16H25N3OS/c1-12-11-21-14(19-12)4-2-3-7-18-15(20)13-10-16(13)5-8-17-9-6-16/h11,13,17H,2-10H2,1H3,(H,18,20). The van der Waals surface area contributed by atoms with Crippen molar-refractivity contribution in [2.45, 2.75) is 45.4 Å². The lowest BCUT2D eigenvalue weighted by Gasteiger charge is -2.23. The van der Waals surface area contributed by atoms with Gasteiger partial charge in [-0.05, 0) is 64.0 Å². The van der Waals surface area contributed by atoms with Gasteiger partial charge in [-0.2, -0.15) is 0 Å². The average molecular weight is 307 g/mol. The Morgan fingerprint density at radius 2 is 2.29 bits per heavy atom. The van der Waals surface area contributed by atoms with Gasteiger partial charge in [0.05, 0.1) is 5.01 Å². The van der Waals surface area contributed by atoms with E-state index in [4.69, 9.17) is 0 Å². The summed E-state index contributed by atoms with van der Waals surface area (Å²) in [5.74, 6) is 0.586. The molecular formula is C16H25N3OS. The van der Waals surface area contributed by atoms with Crippen LogP contribution in [0.5, 0.6) is 0 Å². The average Bonchev–Trinajstić information content (AvgIpc) is 3.00. The van der Waals surface area contributed by atoms with Gasteiger partial charge in [-0.25, -0.2) is 4.98 Å². The SMILES string of the molecule is Cc1csc(CCCCNC(=O)C2CC23CCNCC3)n1. The fourth-order valence-corrected chi connectivity index (χ4v) is 4.27. The number of amides is 1. The Morgan fingerprint density at radius 3 is 3.00 bits per heavy atom. The van der Waals surface area contributed by atoms with Crippen LogP contribution in [0.4, 0.5) is 0 Å². The second-order valence-electron chi connectivity index (χ2n) is 6.50. The second-order valence-corrected chi connectivity index (χ2v) is 7.44. The zero-order chi connectivity index (χ0) is 14.7. The van der Waals surface area contributed by atoms with E-state index in [1.165, 1.54) is 17.8 Å². The lowest BCUT2D eigenvalue weighted by Crippen LogP contribution is -2.34. The summed E-state index contributed by atoms with van der Waals surface area (Å²) >= 11 is 1.74. The first kappa shape index (κ1) is 15.0. The van der Waals surface area contributed by atoms with E-state index in [-0.39, 0.29) is 0 Å². The number of nitrogens with zero attached hydrogens (tertiary/aromatic N) is 1. The number of aromatic nitrogens is 1. The highest BCUT2D eigenvalue weighted by atomic mass is 32.1. The first-order valence-electron chi connectivity index (χ1n) is 8.09. The Bertz CT molecular complexity index is 493. The minimum atomic E-state index is 0.293. The van der Waals surface area contributed by atoms with Gasteiger partial charge < -0.3 is 10.6 Å². The monoisotopic (exact) mass is 307 g/mol. The highest BCUT2D eigenvalue weighted by molar-refractivity contribution is 7.09. The number of aryl methyl sites for hydroxylation is 2. The second kappa shape index (κ2) is 6.44. The molecular weight excluding hydrogens is 282 g/mol. The third kappa shape index (κ3) is 3.64. The molecule has 3 rings (SSSR count). The minimum absolute atomic E-state index is 0.293. The molecule has 21 heavy (non-hydrogen) atoms. The smallest absolute Gasteiger partial charge is 0.223 e. The molecule has 0 bridgehead atoms. The van der Waals surface area contributed by atoms with Crippen molar-refractivity contribution in [3.05, 3.63) is 16.1 Å². The summed E-state index contributed by atoms with van der Waals surface area (Å²) in [7, 11) is 0. The van der Waals surface area contributed by atoms with Crippen LogP contribution in [-0.4, -0.2) is 30.5 Å². The molecule has 2 fully saturated rings. The van der Waals surface area contributed by atoms with Crippen LogP contribution in [0, 0.1) is 18.3 Å². The van der Waals surface area contributed by atoms with E-state index in [1.54, 1.807) is 11.3 Å². The van der Waals surface area contributed by atoms with Gasteiger partial charge in [0, 0.05) is 23.5 Å². The molecule has 1 aliphatic carbocycles. The van der Waals surface area contributed by atoms with Crippen LogP contribution in [-0.2, 0) is 11.2 Å². The highest BCUT2D eigenvalue weighted by Crippen LogP contribution is 2.58. The van der Waals surface area contributed by atoms with E-state index < -0.39 is 0 Å². The van der Waals surface area contributed by atoms with Crippen molar-refractivity contribution in [2.75, 3.05) is 19.6 Å². The zero-order valence-corrected chi connectivity index (χ0v) is 13.6. The molecule has 0 aromatic carbocycles. The van der Waals surface area contributed by atoms with Crippen molar-refractivity contribution < 1.29 is 4.79 Å². The maximum atomic E-state index is 12.2. The maximum Gasteiger partial charge on any atom is 0.223 e. The number of nitrogens with one attached hydrogen (secondary N) is 2. The normalized spacial score (nSPS) is 23.2. The van der Waals surface area contributed by atoms with Gasteiger partial charge >= 0.3 is 0 Å². The minimum Gasteiger partial charge on any atom is -0.356 e. The van der Waals surface area contributed by atoms with Crippen molar-refractivity contribution in [3.8, 4) is 0 Å². The lowest BCUT2D eigenvalue weighted by molar-refractivity contribution is -0.123. The number of piperidine rings is 1. The summed E-state index contributed by atoms with van der Waals surface area (Å²) in [5.41, 5.74) is 1.47. The number of hydrogen-bond acceptors (Lipinski definition) is 4. The van der Waals surface area contributed by atoms with Crippen LogP contribution < -0.4 is 10.6 Å². The fourth-order valence-electron chi connectivity index (χ4n) is 3.45. The molecule has 1 saturated heterocycles. The van der Waals surface area contributed by atoms with Crippen LogP contribution in [0.2, 0.25) is 0 Å². The first-order valence-corrected chi connectivity index (χ1v) is 8.97. The molecule has 1 unspecified atom stereocenters. The van der Waals surface area contributed by atoms with E-state index in [0.29, 0.717) is 17.2 Å². The Labute approximate surface area is 130 Å². The maximum absolute atomic E-state index is 12.2. The van der Waals surface area contributed by atoms with Gasteiger partial charge in [0.25, 0.3) is 0 Å². The Hall–Kier alpha value is -0.940. The van der Waals surface area contributed by atoms with E-state index in [0.717, 1.165) is 51.0 Å². The summed E-state index contributed by atoms with van der Waals surface area (Å²) in [6.45, 7) is 5.01. The molecule has 1 spiro atoms. The van der Waals surface area contributed by atoms with Crippen molar-refractivity contribution in [2.24, 2.45) is 11.3 Å². The van der Waals surface area contributed by atoms with Gasteiger partial charge in [-0.15, -0.1) is 11.3 Å². The Morgan fingerprint density at radius 1 is 1.48 bits per heavy atom. The van der Waals surface area contributed by atoms with Crippen LogP contribution in [0.3, 0.4) is 0 Å². The summed E-state index contributed by atoms with van der Waals surface area (Å²) in [6.07, 6.45) is 6.65. The molecule has 1 aromatic rings. The largest absolute Gasteiger partial charge is 0.356 e. The summed E-state index contributed by atoms with van der Waals surface area (Å²) in [4.78, 5) is 16.6. The number of carbonyl (C=O) groups is 1. The predicted molar refractivity (Wildman–Crippen MR) is 85.4 cm³/mol. The van der Waals surface area contributed by atoms with Crippen LogP contribution in [0.25, 0.3) is 0 Å². The van der Waals surface area contributed by atoms with Gasteiger partial charge in [0.2, 0.25) is 5.91 Å². The molecule has 5 heteroatoms. The molecule has 1 saturated carbocycles. The third-order valence-electron chi connectivity index (χ3n) is 4.89. The van der Waals surface area contributed by atoms with Crippen molar-refractivity contribution in [3.63, 3.8) is 0 Å². The molecule has 1 aliphatic heterocycles. The number of hydrogen-bond donors (Lipinski definition) is 2. The van der Waals surface area contributed by atoms with Crippen molar-refractivity contribution in [1.29, 1.82) is 0 Å². The van der Waals surface area contributed by atoms with Gasteiger partial charge in [-0.3, -0.25) is 4.79 Å². The van der Waals surface area contributed by atoms with Crippen LogP contribution >= 0.6 is 11.3 Å². The first-order chi connectivity index (χ1) is 10.2. The zero-order valence-electron chi connectivity index (χ0n) is 12.8. The van der Waals surface area contributed by atoms with Crippen LogP contribution in [0.1, 0.15) is 42.8 Å². The van der Waals surface area contributed by atoms with Crippen molar-refractivity contribution in [1.82, 2.24) is 15.6 Å². The van der Waals surface area contributed by atoms with Gasteiger partial charge in [0.15, 0.2) is 0 Å². The number of carbonyl (C=O) groups excluding carboxylic acids is 1. The molecule has 2 N–H and O–H groups in total. The number of rotatable bonds is 6. The molecule has 116 valence electrons. The molecule has 1 aromatic heterocycles. The summed E-state index contributed by atoms with van der Waals surface area (Å²) in [5, 5.41) is 9.83. The third-order valence-corrected chi connectivity index (χ3v) is 5.92. The Balaban J connectivity index is 1.30. The Kier molecular flexibility index (Phi) is 4.60. The van der Waals surface area contributed by atoms with E-state index in [1.807, 2.05) is 6.92 Å². The number of thiazole rings is 1. The summed E-state index contributed by atoms with van der Waals surface area (Å²) in [6, 6.07) is 0. The molecule has 1 amide bonds. The quantitative estimate of drug-likeness (QED) is 0.793. The molecule has 2 heterocycles. The van der Waals surface area contributed by atoms with E-state index in [2.05, 4.69) is 21.0 Å². The summed E-state index contributed by atoms with van der Waals surface area (Å²) < 4.78 is 0. The molecule has 4 nitrogen and oxygen atoms in total. The molecule has 0 radical (unpaired) electrons. The van der Waals surface area contributed by atoms with E-state index >= 15 is 0 Å². The highest BCUT2D eigenvalue weighted by Gasteiger charge is 2.57. The van der Waals surface area contributed by atoms with Gasteiger partial charge in [-0.1, -0.05) is 0 Å². The van der Waals surface area contributed by atoms with Gasteiger partial charge in [0.1, 0.15) is 0 Å². The van der Waals surface area contributed by atoms with E-state index in [9.17, 15) is 4.79 Å². The number of unbranched alkanes of at least 4 members (excludes halogenated alkanes) is 1. The predicted octanol–water partition coefficient (Wildman–Crippen LogP) is 2.28. The lowest BCUT2D eigenvalue weighted by atomic mass is 9.92.